The van der Waals surface area contributed by atoms with Crippen molar-refractivity contribution in [1.82, 2.24) is 4.98 Å². The molecule has 0 saturated carbocycles. The summed E-state index contributed by atoms with van der Waals surface area (Å²) in [5.74, 6) is -1.76. The number of aliphatic hydroxyl groups excluding tert-OH is 1. The van der Waals surface area contributed by atoms with Crippen LogP contribution in [0.1, 0.15) is 28.3 Å². The molecule has 1 aliphatic rings. The predicted octanol–water partition coefficient (Wildman–Crippen LogP) is 5.64. The number of aromatic nitrogens is 1. The predicted molar refractivity (Wildman–Crippen MR) is 128 cm³/mol. The number of amides is 1. The molecule has 0 bridgehead atoms. The van der Waals surface area contributed by atoms with Gasteiger partial charge < -0.3 is 9.84 Å². The van der Waals surface area contributed by atoms with Crippen molar-refractivity contribution in [3.8, 4) is 5.75 Å². The Morgan fingerprint density at radius 2 is 1.88 bits per heavy atom. The first-order chi connectivity index (χ1) is 15.7. The normalized spacial score (nSPS) is 17.5. The maximum atomic E-state index is 13.3. The van der Waals surface area contributed by atoms with Crippen LogP contribution in [-0.4, -0.2) is 28.9 Å². The summed E-state index contributed by atoms with van der Waals surface area (Å²) in [7, 11) is 1.42. The quantitative estimate of drug-likeness (QED) is 0.295. The lowest BCUT2D eigenvalue weighted by Crippen LogP contribution is -2.30. The van der Waals surface area contributed by atoms with E-state index in [1.807, 2.05) is 0 Å². The Morgan fingerprint density at radius 1 is 1.12 bits per heavy atom. The van der Waals surface area contributed by atoms with Crippen LogP contribution in [0.3, 0.4) is 0 Å². The van der Waals surface area contributed by atoms with E-state index in [0.717, 1.165) is 5.56 Å². The van der Waals surface area contributed by atoms with Gasteiger partial charge in [0.1, 0.15) is 11.5 Å². The summed E-state index contributed by atoms with van der Waals surface area (Å²) >= 11 is 12.4. The lowest BCUT2D eigenvalue weighted by molar-refractivity contribution is -0.132. The van der Waals surface area contributed by atoms with Crippen LogP contribution < -0.4 is 9.64 Å². The van der Waals surface area contributed by atoms with E-state index in [1.165, 1.54) is 12.0 Å². The number of hydrogen-bond acceptors (Lipinski definition) is 5. The monoisotopic (exact) mass is 482 g/mol. The SMILES string of the molecule is COc1c(Cl)cc(C)cc1/C(O)=C1\C(=O)C(=O)N(c2ccc(Cl)cc2C)C1c1cccnc1. The maximum Gasteiger partial charge on any atom is 0.300 e. The molecule has 1 saturated heterocycles. The minimum Gasteiger partial charge on any atom is -0.507 e. The molecule has 3 aromatic rings. The molecule has 8 heteroatoms. The number of rotatable bonds is 4. The van der Waals surface area contributed by atoms with Crippen LogP contribution in [0.2, 0.25) is 10.0 Å². The summed E-state index contributed by atoms with van der Waals surface area (Å²) in [5.41, 5.74) is 2.66. The second kappa shape index (κ2) is 8.89. The van der Waals surface area contributed by atoms with E-state index >= 15 is 0 Å². The molecule has 2 heterocycles. The van der Waals surface area contributed by atoms with Crippen LogP contribution in [0.4, 0.5) is 5.69 Å². The largest absolute Gasteiger partial charge is 0.507 e. The Morgan fingerprint density at radius 3 is 2.52 bits per heavy atom. The number of nitrogens with zero attached hydrogens (tertiary/aromatic N) is 2. The molecule has 2 aromatic carbocycles. The Labute approximate surface area is 201 Å². The highest BCUT2D eigenvalue weighted by Crippen LogP contribution is 2.45. The molecule has 1 aliphatic heterocycles. The summed E-state index contributed by atoms with van der Waals surface area (Å²) < 4.78 is 5.40. The van der Waals surface area contributed by atoms with Gasteiger partial charge in [0.05, 0.1) is 29.3 Å². The Hall–Kier alpha value is -3.35. The number of Topliss-reactive ketones (excluding diaryl/α,β-unsaturated/α-hetero) is 1. The molecule has 168 valence electrons. The van der Waals surface area contributed by atoms with Gasteiger partial charge in [-0.25, -0.2) is 0 Å². The number of aryl methyl sites for hydroxylation is 2. The Balaban J connectivity index is 2.02. The van der Waals surface area contributed by atoms with E-state index in [2.05, 4.69) is 4.98 Å². The van der Waals surface area contributed by atoms with Crippen molar-refractivity contribution in [3.05, 3.63) is 92.7 Å². The molecule has 4 rings (SSSR count). The average Bonchev–Trinajstić information content (AvgIpc) is 3.04. The maximum absolute atomic E-state index is 13.3. The number of benzene rings is 2. The molecule has 6 nitrogen and oxygen atoms in total. The number of anilines is 1. The van der Waals surface area contributed by atoms with Gasteiger partial charge in [0, 0.05) is 23.1 Å². The summed E-state index contributed by atoms with van der Waals surface area (Å²) in [6, 6.07) is 10.9. The molecule has 1 aromatic heterocycles. The van der Waals surface area contributed by atoms with Gasteiger partial charge in [-0.15, -0.1) is 0 Å². The third-order valence-electron chi connectivity index (χ3n) is 5.51. The van der Waals surface area contributed by atoms with Crippen LogP contribution in [-0.2, 0) is 9.59 Å². The van der Waals surface area contributed by atoms with Crippen molar-refractivity contribution < 1.29 is 19.4 Å². The van der Waals surface area contributed by atoms with Gasteiger partial charge in [0.25, 0.3) is 11.7 Å². The van der Waals surface area contributed by atoms with Crippen molar-refractivity contribution in [2.45, 2.75) is 19.9 Å². The first-order valence-electron chi connectivity index (χ1n) is 10.1. The van der Waals surface area contributed by atoms with E-state index < -0.39 is 17.7 Å². The molecule has 33 heavy (non-hydrogen) atoms. The van der Waals surface area contributed by atoms with Crippen molar-refractivity contribution in [2.24, 2.45) is 0 Å². The zero-order valence-corrected chi connectivity index (χ0v) is 19.6. The summed E-state index contributed by atoms with van der Waals surface area (Å²) in [5, 5.41) is 12.2. The molecule has 1 amide bonds. The molecule has 0 spiro atoms. The van der Waals surface area contributed by atoms with Crippen LogP contribution in [0.25, 0.3) is 5.76 Å². The zero-order valence-electron chi connectivity index (χ0n) is 18.1. The standard InChI is InChI=1S/C25H20Cl2N2O4/c1-13-9-17(24(33-3)18(27)10-13)22(30)20-21(15-5-4-8-28-12-15)29(25(32)23(20)31)19-7-6-16(26)11-14(19)2/h4-12,21,30H,1-3H3/b22-20+. The highest BCUT2D eigenvalue weighted by molar-refractivity contribution is 6.52. The number of carbonyl (C=O) groups is 2. The van der Waals surface area contributed by atoms with Crippen molar-refractivity contribution in [2.75, 3.05) is 12.0 Å². The molecule has 1 atom stereocenters. The number of methoxy groups -OCH3 is 1. The Kier molecular flexibility index (Phi) is 6.15. The average molecular weight is 483 g/mol. The van der Waals surface area contributed by atoms with E-state index in [0.29, 0.717) is 21.8 Å². The molecular weight excluding hydrogens is 463 g/mol. The molecular formula is C25H20Cl2N2O4. The number of aliphatic hydroxyl groups is 1. The summed E-state index contributed by atoms with van der Waals surface area (Å²) in [6.07, 6.45) is 3.15. The molecule has 0 radical (unpaired) electrons. The number of ketones is 1. The number of pyridine rings is 1. The number of hydrogen-bond donors (Lipinski definition) is 1. The second-order valence-corrected chi connectivity index (χ2v) is 8.56. The number of ether oxygens (including phenoxy) is 1. The topological polar surface area (TPSA) is 79.7 Å². The minimum absolute atomic E-state index is 0.0812. The zero-order chi connectivity index (χ0) is 23.9. The van der Waals surface area contributed by atoms with Gasteiger partial charge in [0.2, 0.25) is 0 Å². The number of carbonyl (C=O) groups excluding carboxylic acids is 2. The van der Waals surface area contributed by atoms with Gasteiger partial charge in [-0.2, -0.15) is 0 Å². The Bertz CT molecular complexity index is 1310. The third kappa shape index (κ3) is 3.96. The smallest absolute Gasteiger partial charge is 0.300 e. The lowest BCUT2D eigenvalue weighted by Gasteiger charge is -2.26. The van der Waals surface area contributed by atoms with E-state index in [1.54, 1.807) is 68.7 Å². The van der Waals surface area contributed by atoms with Crippen LogP contribution in [0.15, 0.2) is 60.4 Å². The second-order valence-electron chi connectivity index (χ2n) is 7.71. The van der Waals surface area contributed by atoms with Crippen molar-refractivity contribution >= 4 is 46.3 Å². The minimum atomic E-state index is -0.914. The summed E-state index contributed by atoms with van der Waals surface area (Å²) in [4.78, 5) is 32.1. The molecule has 1 fully saturated rings. The van der Waals surface area contributed by atoms with E-state index in [9.17, 15) is 14.7 Å². The van der Waals surface area contributed by atoms with E-state index in [4.69, 9.17) is 27.9 Å². The van der Waals surface area contributed by atoms with Crippen LogP contribution in [0.5, 0.6) is 5.75 Å². The molecule has 1 N–H and O–H groups in total. The van der Waals surface area contributed by atoms with Crippen molar-refractivity contribution in [1.29, 1.82) is 0 Å². The number of halogens is 2. The van der Waals surface area contributed by atoms with Gasteiger partial charge in [-0.3, -0.25) is 19.5 Å². The van der Waals surface area contributed by atoms with Crippen LogP contribution in [0, 0.1) is 13.8 Å². The highest BCUT2D eigenvalue weighted by atomic mass is 35.5. The van der Waals surface area contributed by atoms with E-state index in [-0.39, 0.29) is 27.7 Å². The fraction of sp³-hybridized carbons (Fsp3) is 0.160. The molecule has 0 aliphatic carbocycles. The van der Waals surface area contributed by atoms with Crippen molar-refractivity contribution in [3.63, 3.8) is 0 Å². The van der Waals surface area contributed by atoms with Gasteiger partial charge in [-0.1, -0.05) is 29.3 Å². The highest BCUT2D eigenvalue weighted by Gasteiger charge is 2.47. The van der Waals surface area contributed by atoms with Gasteiger partial charge in [-0.05, 0) is 66.9 Å². The fourth-order valence-electron chi connectivity index (χ4n) is 4.08. The van der Waals surface area contributed by atoms with Gasteiger partial charge >= 0.3 is 0 Å². The first-order valence-corrected chi connectivity index (χ1v) is 10.8. The molecule has 1 unspecified atom stereocenters. The first kappa shape index (κ1) is 22.8. The van der Waals surface area contributed by atoms with Gasteiger partial charge in [0.15, 0.2) is 0 Å². The summed E-state index contributed by atoms with van der Waals surface area (Å²) in [6.45, 7) is 3.60. The fourth-order valence-corrected chi connectivity index (χ4v) is 4.66. The lowest BCUT2D eigenvalue weighted by atomic mass is 9.95. The third-order valence-corrected chi connectivity index (χ3v) is 6.03. The van der Waals surface area contributed by atoms with Crippen LogP contribution >= 0.6 is 23.2 Å².